The molecule has 5 heteroatoms. The van der Waals surface area contributed by atoms with E-state index in [2.05, 4.69) is 49.7 Å². The van der Waals surface area contributed by atoms with Crippen molar-refractivity contribution >= 4 is 39.7 Å². The first kappa shape index (κ1) is 10.2. The third-order valence-corrected chi connectivity index (χ3v) is 2.66. The van der Waals surface area contributed by atoms with Gasteiger partial charge in [0.05, 0.1) is 17.1 Å². The number of alkyl halides is 2. The summed E-state index contributed by atoms with van der Waals surface area (Å²) >= 11 is 6.76. The molecule has 1 rings (SSSR count). The van der Waals surface area contributed by atoms with Gasteiger partial charge in [-0.05, 0) is 6.32 Å². The predicted molar refractivity (Wildman–Crippen MR) is 59.5 cm³/mol. The van der Waals surface area contributed by atoms with Crippen LogP contribution in [0.2, 0.25) is 0 Å². The van der Waals surface area contributed by atoms with Gasteiger partial charge >= 0.3 is 0 Å². The van der Waals surface area contributed by atoms with Gasteiger partial charge in [-0.15, -0.1) is 0 Å². The summed E-state index contributed by atoms with van der Waals surface area (Å²) in [5, 5.41) is 1.54. The molecule has 1 heterocycles. The van der Waals surface area contributed by atoms with Crippen molar-refractivity contribution in [2.75, 3.05) is 0 Å². The maximum atomic E-state index is 4.44. The maximum absolute atomic E-state index is 4.44. The Morgan fingerprint density at radius 1 is 1.25 bits per heavy atom. The molecule has 0 aliphatic rings. The van der Waals surface area contributed by atoms with E-state index in [9.17, 15) is 0 Å². The van der Waals surface area contributed by atoms with Crippen molar-refractivity contribution in [3.8, 4) is 0 Å². The summed E-state index contributed by atoms with van der Waals surface area (Å²) in [6, 6.07) is 0. The van der Waals surface area contributed by atoms with Crippen LogP contribution in [0.5, 0.6) is 0 Å². The molecule has 0 unspecified atom stereocenters. The molecule has 64 valence electrons. The zero-order valence-corrected chi connectivity index (χ0v) is 10.0. The standard InChI is InChI=1S/C7H9BBr2N2/c8-1-5-4-11-6(2-9)7(3-10)12-5/h4H,1-3,8H2. The molecule has 1 aromatic rings. The van der Waals surface area contributed by atoms with E-state index in [1.807, 2.05) is 6.20 Å². The van der Waals surface area contributed by atoms with Crippen molar-refractivity contribution < 1.29 is 0 Å². The lowest BCUT2D eigenvalue weighted by Crippen LogP contribution is -2.01. The Morgan fingerprint density at radius 2 is 1.92 bits per heavy atom. The molecule has 0 fully saturated rings. The molecule has 0 radical (unpaired) electrons. The van der Waals surface area contributed by atoms with Crippen molar-refractivity contribution in [1.82, 2.24) is 9.97 Å². The highest BCUT2D eigenvalue weighted by Gasteiger charge is 2.03. The minimum absolute atomic E-state index is 0.769. The molecule has 0 saturated heterocycles. The van der Waals surface area contributed by atoms with Crippen molar-refractivity contribution in [3.63, 3.8) is 0 Å². The average molecular weight is 292 g/mol. The van der Waals surface area contributed by atoms with E-state index in [0.717, 1.165) is 34.1 Å². The van der Waals surface area contributed by atoms with Crippen LogP contribution in [0.25, 0.3) is 0 Å². The zero-order valence-electron chi connectivity index (χ0n) is 6.85. The first-order valence-corrected chi connectivity index (χ1v) is 6.01. The lowest BCUT2D eigenvalue weighted by atomic mass is 10.0. The van der Waals surface area contributed by atoms with Crippen molar-refractivity contribution in [3.05, 3.63) is 23.3 Å². The van der Waals surface area contributed by atoms with Crippen molar-refractivity contribution in [2.45, 2.75) is 17.0 Å². The van der Waals surface area contributed by atoms with Crippen LogP contribution in [0.15, 0.2) is 6.20 Å². The highest BCUT2D eigenvalue weighted by Crippen LogP contribution is 2.11. The van der Waals surface area contributed by atoms with Gasteiger partial charge in [0.2, 0.25) is 0 Å². The summed E-state index contributed by atoms with van der Waals surface area (Å²) in [5.41, 5.74) is 3.10. The Morgan fingerprint density at radius 3 is 2.42 bits per heavy atom. The molecule has 0 aliphatic carbocycles. The van der Waals surface area contributed by atoms with Gasteiger partial charge in [-0.25, -0.2) is 0 Å². The van der Waals surface area contributed by atoms with Crippen LogP contribution < -0.4 is 0 Å². The van der Waals surface area contributed by atoms with Gasteiger partial charge in [0.25, 0.3) is 0 Å². The summed E-state index contributed by atoms with van der Waals surface area (Å²) in [6.45, 7) is 0. The van der Waals surface area contributed by atoms with E-state index < -0.39 is 0 Å². The summed E-state index contributed by atoms with van der Waals surface area (Å²) in [4.78, 5) is 8.74. The van der Waals surface area contributed by atoms with Crippen molar-refractivity contribution in [1.29, 1.82) is 0 Å². The number of rotatable bonds is 3. The van der Waals surface area contributed by atoms with E-state index >= 15 is 0 Å². The van der Waals surface area contributed by atoms with Crippen LogP contribution in [0.1, 0.15) is 17.1 Å². The fraction of sp³-hybridized carbons (Fsp3) is 0.429. The van der Waals surface area contributed by atoms with E-state index in [1.54, 1.807) is 0 Å². The van der Waals surface area contributed by atoms with E-state index in [1.165, 1.54) is 0 Å². The summed E-state index contributed by atoms with van der Waals surface area (Å²) < 4.78 is 0. The Bertz CT molecular complexity index is 268. The molecule has 0 saturated carbocycles. The van der Waals surface area contributed by atoms with Gasteiger partial charge in [0, 0.05) is 16.9 Å². The molecule has 0 N–H and O–H groups in total. The third-order valence-electron chi connectivity index (χ3n) is 1.60. The topological polar surface area (TPSA) is 25.8 Å². The zero-order chi connectivity index (χ0) is 8.97. The quantitative estimate of drug-likeness (QED) is 0.621. The van der Waals surface area contributed by atoms with Gasteiger partial charge < -0.3 is 0 Å². The second-order valence-corrected chi connectivity index (χ2v) is 3.50. The second-order valence-electron chi connectivity index (χ2n) is 2.38. The highest BCUT2D eigenvalue weighted by molar-refractivity contribution is 9.09. The number of halogens is 2. The molecule has 12 heavy (non-hydrogen) atoms. The van der Waals surface area contributed by atoms with Crippen molar-refractivity contribution in [2.24, 2.45) is 0 Å². The number of hydrogen-bond donors (Lipinski definition) is 0. The average Bonchev–Trinajstić information content (AvgIpc) is 2.16. The third kappa shape index (κ3) is 2.30. The molecular formula is C7H9BBr2N2. The SMILES string of the molecule is BCc1cnc(CBr)c(CBr)n1. The molecule has 1 aromatic heterocycles. The van der Waals surface area contributed by atoms with Gasteiger partial charge in [0.1, 0.15) is 7.85 Å². The number of aromatic nitrogens is 2. The lowest BCUT2D eigenvalue weighted by molar-refractivity contribution is 0.979. The highest BCUT2D eigenvalue weighted by atomic mass is 79.9. The van der Waals surface area contributed by atoms with Crippen LogP contribution in [0, 0.1) is 0 Å². The molecular weight excluding hydrogens is 283 g/mol. The summed E-state index contributed by atoms with van der Waals surface area (Å²) in [7, 11) is 2.08. The van der Waals surface area contributed by atoms with Crippen LogP contribution in [0.3, 0.4) is 0 Å². The van der Waals surface area contributed by atoms with Crippen LogP contribution in [-0.2, 0) is 17.0 Å². The van der Waals surface area contributed by atoms with Gasteiger partial charge in [0.15, 0.2) is 0 Å². The normalized spacial score (nSPS) is 10.2. The monoisotopic (exact) mass is 290 g/mol. The smallest absolute Gasteiger partial charge is 0.109 e. The van der Waals surface area contributed by atoms with Gasteiger partial charge in [-0.2, -0.15) is 0 Å². The summed E-state index contributed by atoms with van der Waals surface area (Å²) in [5.74, 6) is 0. The Labute approximate surface area is 89.9 Å². The summed E-state index contributed by atoms with van der Waals surface area (Å²) in [6.07, 6.45) is 2.78. The lowest BCUT2D eigenvalue weighted by Gasteiger charge is -2.03. The second kappa shape index (κ2) is 4.97. The van der Waals surface area contributed by atoms with E-state index in [-0.39, 0.29) is 0 Å². The number of nitrogens with zero attached hydrogens (tertiary/aromatic N) is 2. The molecule has 0 aliphatic heterocycles. The Kier molecular flexibility index (Phi) is 4.22. The molecule has 0 bridgehead atoms. The first-order valence-electron chi connectivity index (χ1n) is 3.77. The number of hydrogen-bond acceptors (Lipinski definition) is 2. The minimum atomic E-state index is 0.769. The van der Waals surface area contributed by atoms with Gasteiger partial charge in [-0.3, -0.25) is 9.97 Å². The fourth-order valence-corrected chi connectivity index (χ4v) is 1.80. The largest absolute Gasteiger partial charge is 0.257 e. The fourth-order valence-electron chi connectivity index (χ4n) is 0.883. The van der Waals surface area contributed by atoms with Crippen LogP contribution in [0.4, 0.5) is 0 Å². The maximum Gasteiger partial charge on any atom is 0.109 e. The van der Waals surface area contributed by atoms with Gasteiger partial charge in [-0.1, -0.05) is 31.9 Å². The molecule has 0 aromatic carbocycles. The Hall–Kier alpha value is 0.105. The minimum Gasteiger partial charge on any atom is -0.257 e. The van der Waals surface area contributed by atoms with E-state index in [4.69, 9.17) is 0 Å². The molecule has 0 atom stereocenters. The molecule has 0 spiro atoms. The van der Waals surface area contributed by atoms with E-state index in [0.29, 0.717) is 0 Å². The Balaban J connectivity index is 3.02. The van der Waals surface area contributed by atoms with Crippen LogP contribution >= 0.6 is 31.9 Å². The van der Waals surface area contributed by atoms with Crippen LogP contribution in [-0.4, -0.2) is 17.8 Å². The first-order chi connectivity index (χ1) is 5.81. The molecule has 0 amide bonds. The predicted octanol–water partition coefficient (Wildman–Crippen LogP) is 1.40. The molecule has 2 nitrogen and oxygen atoms in total.